The number of ether oxygens (including phenoxy) is 1. The highest BCUT2D eigenvalue weighted by molar-refractivity contribution is 7.02. The fraction of sp³-hybridized carbons (Fsp3) is 0.353. The van der Waals surface area contributed by atoms with Crippen LogP contribution in [0, 0.1) is 0 Å². The van der Waals surface area contributed by atoms with Crippen LogP contribution in [0.1, 0.15) is 244 Å². The van der Waals surface area contributed by atoms with Crippen LogP contribution in [-0.4, -0.2) is 32.3 Å². The van der Waals surface area contributed by atoms with E-state index < -0.39 is 37.7 Å². The van der Waals surface area contributed by atoms with Gasteiger partial charge in [-0.15, -0.1) is 0 Å². The molecular weight excluding hydrogens is 1730 g/mol. The summed E-state index contributed by atoms with van der Waals surface area (Å²) in [6.45, 7) is 80.4. The molecule has 138 heavy (non-hydrogen) atoms. The number of hydrogen-bond acceptors (Lipinski definition) is 1. The topological polar surface area (TPSA) is 9.23 Å². The van der Waals surface area contributed by atoms with E-state index in [1.54, 1.807) is 20.7 Å². The van der Waals surface area contributed by atoms with E-state index >= 15 is 0 Å². The molecule has 5 heteroatoms. The lowest BCUT2D eigenvalue weighted by molar-refractivity contribution is 0.418. The standard InChI is InChI=1S/C133H154OSi4/c1-79(2)135(80(3)4,81(5)6)127-115-67-101-37-33-35-39-103(101)69-117(115)129(137(85(13)14,86(15)16)87(17)18)121-73-109-65-105(61-63-107(109)71-119(121)127)97-49-45-93(46-50-97)91-41-43-92(44-42-91)95-53-57-99(58-54-95)113-75-111(131(25,26)27)77-123-125(113)134-126-114(76-112(132(28,29)30)78-124(126)133(123,31)32)100-59-55-96(56-60-100)94-47-51-98(52-48-94)106-62-64-108-72-120-122(74-110(108)66-106)130(138(88(19)20,89(21)22)90(23)24)118-70-104-40-36-34-38-102(104)68-116(118)128(120)136(82(7)8,83(9)10)84(11)12/h33-90H,1-32H3. The van der Waals surface area contributed by atoms with Crippen LogP contribution in [0.4, 0.5) is 0 Å². The Morgan fingerprint density at radius 3 is 0.565 bits per heavy atom. The van der Waals surface area contributed by atoms with E-state index in [0.717, 1.165) is 33.8 Å². The van der Waals surface area contributed by atoms with Gasteiger partial charge in [0.2, 0.25) is 0 Å². The van der Waals surface area contributed by atoms with Crippen molar-refractivity contribution in [2.24, 2.45) is 0 Å². The molecule has 1 heterocycles. The summed E-state index contributed by atoms with van der Waals surface area (Å²) in [6.07, 6.45) is 0. The molecule has 1 nitrogen and oxygen atoms in total. The molecule has 0 unspecified atom stereocenters. The van der Waals surface area contributed by atoms with Gasteiger partial charge in [-0.05, 0) is 335 Å². The predicted molar refractivity (Wildman–Crippen MR) is 623 cm³/mol. The van der Waals surface area contributed by atoms with Gasteiger partial charge in [-0.25, -0.2) is 0 Å². The molecular formula is C133H154OSi4. The molecule has 1 aliphatic rings. The molecule has 0 N–H and O–H groups in total. The molecule has 1 aliphatic heterocycles. The summed E-state index contributed by atoms with van der Waals surface area (Å²) in [5.74, 6) is 1.87. The normalized spacial score (nSPS) is 13.8. The van der Waals surface area contributed by atoms with Crippen molar-refractivity contribution in [1.29, 1.82) is 0 Å². The Bertz CT molecular complexity index is 7470. The minimum atomic E-state index is -2.30. The van der Waals surface area contributed by atoms with E-state index in [1.807, 2.05) is 0 Å². The fourth-order valence-electron chi connectivity index (χ4n) is 29.2. The van der Waals surface area contributed by atoms with Crippen LogP contribution in [-0.2, 0) is 16.2 Å². The highest BCUT2D eigenvalue weighted by Gasteiger charge is 2.54. The summed E-state index contributed by atoms with van der Waals surface area (Å²) in [5, 5.41) is 29.7. The Balaban J connectivity index is 0.648. The minimum Gasteiger partial charge on any atom is -0.455 e. The molecule has 0 saturated carbocycles. The lowest BCUT2D eigenvalue weighted by Crippen LogP contribution is -2.59. The van der Waals surface area contributed by atoms with Crippen LogP contribution in [0.2, 0.25) is 66.5 Å². The number of fused-ring (bicyclic) bond motifs is 10. The van der Waals surface area contributed by atoms with Crippen molar-refractivity contribution in [3.8, 4) is 89.4 Å². The van der Waals surface area contributed by atoms with Gasteiger partial charge in [0.05, 0.1) is 32.3 Å². The molecule has 0 radical (unpaired) electrons. The van der Waals surface area contributed by atoms with Gasteiger partial charge >= 0.3 is 0 Å². The summed E-state index contributed by atoms with van der Waals surface area (Å²) in [4.78, 5) is 0. The van der Waals surface area contributed by atoms with Crippen LogP contribution in [0.5, 0.6) is 11.5 Å². The molecule has 0 aromatic heterocycles. The molecule has 0 bridgehead atoms. The second-order valence-corrected chi connectivity index (χ2v) is 71.7. The average molecular weight is 1880 g/mol. The smallest absolute Gasteiger partial charge is 0.139 e. The first-order valence-electron chi connectivity index (χ1n) is 52.6. The second-order valence-electron chi connectivity index (χ2n) is 48.4. The quantitative estimate of drug-likeness (QED) is 0.0458. The highest BCUT2D eigenvalue weighted by Crippen LogP contribution is 2.59. The average Bonchev–Trinajstić information content (AvgIpc) is 0.692. The predicted octanol–water partition coefficient (Wildman–Crippen LogP) is 39.2. The van der Waals surface area contributed by atoms with Crippen molar-refractivity contribution in [1.82, 2.24) is 0 Å². The van der Waals surface area contributed by atoms with Gasteiger partial charge in [-0.3, -0.25) is 0 Å². The first-order valence-corrected chi connectivity index (χ1v) is 61.6. The van der Waals surface area contributed by atoms with Gasteiger partial charge < -0.3 is 4.74 Å². The van der Waals surface area contributed by atoms with Crippen molar-refractivity contribution < 1.29 is 4.74 Å². The monoisotopic (exact) mass is 1880 g/mol. The van der Waals surface area contributed by atoms with Gasteiger partial charge in [0, 0.05) is 27.7 Å². The third kappa shape index (κ3) is 15.7. The molecule has 0 fully saturated rings. The summed E-state index contributed by atoms with van der Waals surface area (Å²) >= 11 is 0. The zero-order chi connectivity index (χ0) is 98.8. The molecule has 708 valence electrons. The maximum absolute atomic E-state index is 7.69. The first kappa shape index (κ1) is 97.7. The Morgan fingerprint density at radius 2 is 0.370 bits per heavy atom. The maximum Gasteiger partial charge on any atom is 0.139 e. The minimum absolute atomic E-state index is 0.119. The number of hydrogen-bond donors (Lipinski definition) is 0. The Labute approximate surface area is 832 Å². The van der Waals surface area contributed by atoms with Crippen molar-refractivity contribution in [2.45, 2.75) is 304 Å². The van der Waals surface area contributed by atoms with Gasteiger partial charge in [-0.1, -0.05) is 428 Å². The van der Waals surface area contributed by atoms with Crippen molar-refractivity contribution in [3.63, 3.8) is 0 Å². The molecule has 0 spiro atoms. The fourth-order valence-corrected chi connectivity index (χ4v) is 57.5. The molecule has 0 atom stereocenters. The Hall–Kier alpha value is -10.5. The van der Waals surface area contributed by atoms with E-state index in [4.69, 9.17) is 4.74 Å². The van der Waals surface area contributed by atoms with Gasteiger partial charge in [-0.2, -0.15) is 0 Å². The molecule has 0 saturated heterocycles. The van der Waals surface area contributed by atoms with Crippen molar-refractivity contribution in [2.75, 3.05) is 0 Å². The SMILES string of the molecule is CC(C)[Si](c1c2cc3ccccc3cc2c([Si](C(C)C)(C(C)C)C(C)C)c2cc3cc(-c4ccc(-c5ccc(-c6ccc(-c7cc(C(C)(C)C)cc8c7Oc7c(-c9ccc(-c%10ccc(-c%11ccc%12cc%13c([Si](C(C)C)(C(C)C)C(C)C)c%14cc%15ccccc%15cc%14c([Si](C(C)C)(C(C)C)C(C)C)c%13cc%12c%11)cc%10)cc9)cc(C(C)(C)C)cc7C8(C)C)cc6)cc5)cc4)ccc3cc12)(C(C)C)C(C)C. The van der Waals surface area contributed by atoms with E-state index in [1.165, 1.54) is 164 Å². The Morgan fingerprint density at radius 1 is 0.196 bits per heavy atom. The summed E-state index contributed by atoms with van der Waals surface area (Å²) in [7, 11) is -9.13. The molecule has 0 amide bonds. The summed E-state index contributed by atoms with van der Waals surface area (Å²) in [6, 6.07) is 111. The Kier molecular flexibility index (Phi) is 25.6. The van der Waals surface area contributed by atoms with E-state index in [9.17, 15) is 0 Å². The van der Waals surface area contributed by atoms with Gasteiger partial charge in [0.1, 0.15) is 11.5 Å². The summed E-state index contributed by atoms with van der Waals surface area (Å²) < 4.78 is 7.69. The zero-order valence-corrected chi connectivity index (χ0v) is 93.4. The van der Waals surface area contributed by atoms with E-state index in [-0.39, 0.29) is 10.8 Å². The molecule has 17 aromatic rings. The van der Waals surface area contributed by atoms with Crippen molar-refractivity contribution in [3.05, 3.63) is 301 Å². The summed E-state index contributed by atoms with van der Waals surface area (Å²) in [5.41, 5.74) is 27.6. The molecule has 18 rings (SSSR count). The van der Waals surface area contributed by atoms with E-state index in [0.29, 0.717) is 66.5 Å². The van der Waals surface area contributed by atoms with Crippen molar-refractivity contribution >= 4 is 139 Å². The lowest BCUT2D eigenvalue weighted by Gasteiger charge is -2.48. The van der Waals surface area contributed by atoms with Crippen LogP contribution in [0.3, 0.4) is 0 Å². The number of benzene rings is 17. The largest absolute Gasteiger partial charge is 0.455 e. The van der Waals surface area contributed by atoms with Crippen LogP contribution in [0.15, 0.2) is 279 Å². The third-order valence-corrected chi connectivity index (χ3v) is 63.8. The lowest BCUT2D eigenvalue weighted by atomic mass is 9.70. The zero-order valence-electron chi connectivity index (χ0n) is 89.4. The van der Waals surface area contributed by atoms with Crippen LogP contribution >= 0.6 is 0 Å². The third-order valence-electron chi connectivity index (χ3n) is 35.2. The van der Waals surface area contributed by atoms with Crippen LogP contribution < -0.4 is 25.5 Å². The molecule has 17 aromatic carbocycles. The first-order chi connectivity index (χ1) is 65.3. The number of rotatable bonds is 23. The second kappa shape index (κ2) is 36.2. The van der Waals surface area contributed by atoms with E-state index in [2.05, 4.69) is 501 Å². The maximum atomic E-state index is 7.69. The van der Waals surface area contributed by atoms with Gasteiger partial charge in [0.15, 0.2) is 0 Å². The van der Waals surface area contributed by atoms with Crippen LogP contribution in [0.25, 0.3) is 164 Å². The van der Waals surface area contributed by atoms with Gasteiger partial charge in [0.25, 0.3) is 0 Å². The molecule has 0 aliphatic carbocycles. The highest BCUT2D eigenvalue weighted by atomic mass is 28.3.